The Bertz CT molecular complexity index is 1070. The molecule has 0 fully saturated rings. The van der Waals surface area contributed by atoms with E-state index in [1.807, 2.05) is 0 Å². The predicted molar refractivity (Wildman–Crippen MR) is 95.2 cm³/mol. The second-order valence-corrected chi connectivity index (χ2v) is 9.85. The van der Waals surface area contributed by atoms with E-state index in [9.17, 15) is 30.4 Å². The van der Waals surface area contributed by atoms with Crippen molar-refractivity contribution >= 4 is 25.7 Å². The second kappa shape index (κ2) is 7.38. The molecule has 0 aliphatic rings. The Kier molecular flexibility index (Phi) is 5.75. The molecule has 27 heavy (non-hydrogen) atoms. The summed E-state index contributed by atoms with van der Waals surface area (Å²) in [7, 11) is -8.39. The van der Waals surface area contributed by atoms with Crippen LogP contribution in [0.5, 0.6) is 0 Å². The third-order valence-corrected chi connectivity index (χ3v) is 7.95. The van der Waals surface area contributed by atoms with E-state index in [0.717, 1.165) is 6.07 Å². The molecule has 9 nitrogen and oxygen atoms in total. The molecule has 150 valence electrons. The van der Waals surface area contributed by atoms with E-state index in [0.29, 0.717) is 4.68 Å². The minimum atomic E-state index is -4.20. The minimum Gasteiger partial charge on any atom is -0.245 e. The quantitative estimate of drug-likeness (QED) is 0.661. The number of sulfonamides is 2. The lowest BCUT2D eigenvalue weighted by Crippen LogP contribution is -2.39. The fourth-order valence-electron chi connectivity index (χ4n) is 2.34. The van der Waals surface area contributed by atoms with E-state index in [1.54, 1.807) is 0 Å². The Labute approximate surface area is 154 Å². The molecule has 0 spiro atoms. The Balaban J connectivity index is 2.71. The van der Waals surface area contributed by atoms with Crippen molar-refractivity contribution in [2.45, 2.75) is 27.3 Å². The molecule has 1 aromatic carbocycles. The van der Waals surface area contributed by atoms with Crippen LogP contribution < -0.4 is 9.40 Å². The van der Waals surface area contributed by atoms with Crippen LogP contribution in [0.3, 0.4) is 0 Å². The lowest BCUT2D eigenvalue weighted by atomic mass is 10.3. The summed E-state index contributed by atoms with van der Waals surface area (Å²) in [4.78, 5) is 12.2. The molecule has 2 rings (SSSR count). The summed E-state index contributed by atoms with van der Waals surface area (Å²) in [6.45, 7) is 0.681. The average molecular weight is 424 g/mol. The van der Waals surface area contributed by atoms with Crippen molar-refractivity contribution in [1.82, 2.24) is 14.3 Å². The van der Waals surface area contributed by atoms with Crippen molar-refractivity contribution in [2.24, 2.45) is 0 Å². The molecule has 0 amide bonds. The van der Waals surface area contributed by atoms with Crippen LogP contribution in [0.25, 0.3) is 5.69 Å². The van der Waals surface area contributed by atoms with E-state index >= 15 is 0 Å². The van der Waals surface area contributed by atoms with Crippen LogP contribution in [0, 0.1) is 6.92 Å². The molecule has 0 atom stereocenters. The molecule has 13 heteroatoms. The number of anilines is 1. The molecule has 1 aromatic heterocycles. The van der Waals surface area contributed by atoms with Gasteiger partial charge < -0.3 is 0 Å². The number of benzene rings is 1. The molecule has 0 bridgehead atoms. The van der Waals surface area contributed by atoms with Crippen molar-refractivity contribution in [2.75, 3.05) is 15.2 Å². The van der Waals surface area contributed by atoms with Gasteiger partial charge in [0.1, 0.15) is 5.82 Å². The number of halogens is 2. The summed E-state index contributed by atoms with van der Waals surface area (Å²) in [6, 6.07) is 4.94. The van der Waals surface area contributed by atoms with Gasteiger partial charge in [0, 0.05) is 0 Å². The van der Waals surface area contributed by atoms with Crippen molar-refractivity contribution in [3.63, 3.8) is 0 Å². The molecule has 0 saturated carbocycles. The Hall–Kier alpha value is -2.28. The lowest BCUT2D eigenvalue weighted by Gasteiger charge is -2.23. The summed E-state index contributed by atoms with van der Waals surface area (Å²) in [5.41, 5.74) is -1.43. The molecular weight excluding hydrogens is 406 g/mol. The number of aromatic nitrogens is 3. The van der Waals surface area contributed by atoms with Gasteiger partial charge in [-0.1, -0.05) is 6.07 Å². The van der Waals surface area contributed by atoms with Crippen LogP contribution in [0.1, 0.15) is 26.2 Å². The van der Waals surface area contributed by atoms with E-state index < -0.39 is 43.8 Å². The predicted octanol–water partition coefficient (Wildman–Crippen LogP) is 1.24. The van der Waals surface area contributed by atoms with Gasteiger partial charge in [-0.3, -0.25) is 0 Å². The smallest absolute Gasteiger partial charge is 0.245 e. The average Bonchev–Trinajstić information content (AvgIpc) is 2.89. The van der Waals surface area contributed by atoms with Gasteiger partial charge in [0.05, 0.1) is 22.9 Å². The maximum absolute atomic E-state index is 13.0. The standard InChI is InChI=1S/C14H18F2N4O5S2/c1-4-26(22,23)20(27(24,25)5-2)12-8-6-7-11(9-12)19-14(21)18(13(15)16)10(3)17-19/h6-9,13H,4-5H2,1-3H3. The van der Waals surface area contributed by atoms with Crippen LogP contribution in [0.4, 0.5) is 14.5 Å². The van der Waals surface area contributed by atoms with Gasteiger partial charge in [-0.25, -0.2) is 26.2 Å². The van der Waals surface area contributed by atoms with E-state index in [2.05, 4.69) is 5.10 Å². The fraction of sp³-hybridized carbons (Fsp3) is 0.429. The second-order valence-electron chi connectivity index (χ2n) is 5.41. The van der Waals surface area contributed by atoms with Crippen molar-refractivity contribution in [3.8, 4) is 5.69 Å². The maximum Gasteiger partial charge on any atom is 0.355 e. The number of nitrogens with zero attached hydrogens (tertiary/aromatic N) is 4. The van der Waals surface area contributed by atoms with E-state index in [1.165, 1.54) is 39.0 Å². The zero-order chi connectivity index (χ0) is 20.6. The minimum absolute atomic E-state index is 0.0531. The first-order valence-electron chi connectivity index (χ1n) is 7.79. The maximum atomic E-state index is 13.0. The summed E-state index contributed by atoms with van der Waals surface area (Å²) in [5.74, 6) is -1.20. The van der Waals surface area contributed by atoms with Gasteiger partial charge in [0.15, 0.2) is 0 Å². The first-order valence-corrected chi connectivity index (χ1v) is 11.0. The normalized spacial score (nSPS) is 12.5. The number of hydrogen-bond donors (Lipinski definition) is 0. The van der Waals surface area contributed by atoms with Crippen LogP contribution in [-0.2, 0) is 20.0 Å². The lowest BCUT2D eigenvalue weighted by molar-refractivity contribution is 0.0640. The summed E-state index contributed by atoms with van der Waals surface area (Å²) >= 11 is 0. The van der Waals surface area contributed by atoms with Crippen LogP contribution in [-0.4, -0.2) is 42.7 Å². The fourth-order valence-corrected chi connectivity index (χ4v) is 5.69. The van der Waals surface area contributed by atoms with Crippen LogP contribution in [0.15, 0.2) is 29.1 Å². The molecule has 0 radical (unpaired) electrons. The summed E-state index contributed by atoms with van der Waals surface area (Å²) < 4.78 is 76.4. The highest BCUT2D eigenvalue weighted by Crippen LogP contribution is 2.25. The molecule has 0 unspecified atom stereocenters. The highest BCUT2D eigenvalue weighted by molar-refractivity contribution is 8.10. The van der Waals surface area contributed by atoms with Gasteiger partial charge in [0.2, 0.25) is 20.0 Å². The number of alkyl halides is 2. The van der Waals surface area contributed by atoms with Gasteiger partial charge in [-0.15, -0.1) is 0 Å². The van der Waals surface area contributed by atoms with E-state index in [-0.39, 0.29) is 25.5 Å². The third kappa shape index (κ3) is 3.88. The monoisotopic (exact) mass is 424 g/mol. The highest BCUT2D eigenvalue weighted by atomic mass is 32.3. The van der Waals surface area contributed by atoms with Crippen LogP contribution >= 0.6 is 0 Å². The molecule has 1 heterocycles. The first-order chi connectivity index (χ1) is 12.5. The molecule has 2 aromatic rings. The van der Waals surface area contributed by atoms with Gasteiger partial charge in [-0.2, -0.15) is 22.3 Å². The Morgan fingerprint density at radius 2 is 1.67 bits per heavy atom. The van der Waals surface area contributed by atoms with Crippen molar-refractivity contribution in [1.29, 1.82) is 0 Å². The largest absolute Gasteiger partial charge is 0.355 e. The van der Waals surface area contributed by atoms with Crippen molar-refractivity contribution in [3.05, 3.63) is 40.6 Å². The van der Waals surface area contributed by atoms with Gasteiger partial charge >= 0.3 is 12.2 Å². The molecule has 0 aliphatic carbocycles. The summed E-state index contributed by atoms with van der Waals surface area (Å²) in [6.07, 6.45) is 0. The Morgan fingerprint density at radius 1 is 1.11 bits per heavy atom. The number of aryl methyl sites for hydroxylation is 1. The topological polar surface area (TPSA) is 111 Å². The van der Waals surface area contributed by atoms with Crippen LogP contribution in [0.2, 0.25) is 0 Å². The zero-order valence-corrected chi connectivity index (χ0v) is 16.3. The van der Waals surface area contributed by atoms with Gasteiger partial charge in [0.25, 0.3) is 0 Å². The van der Waals surface area contributed by atoms with E-state index in [4.69, 9.17) is 0 Å². The third-order valence-electron chi connectivity index (χ3n) is 3.70. The molecule has 0 N–H and O–H groups in total. The molecule has 0 saturated heterocycles. The zero-order valence-electron chi connectivity index (χ0n) is 14.7. The first kappa shape index (κ1) is 21.0. The molecule has 0 aliphatic heterocycles. The van der Waals surface area contributed by atoms with Gasteiger partial charge in [-0.05, 0) is 39.0 Å². The number of hydrogen-bond acceptors (Lipinski definition) is 6. The SMILES string of the molecule is CCS(=O)(=O)N(c1cccc(-n2nc(C)n(C(F)F)c2=O)c1)S(=O)(=O)CC. The molecular formula is C14H18F2N4O5S2. The van der Waals surface area contributed by atoms with Crippen molar-refractivity contribution < 1.29 is 25.6 Å². The number of rotatable bonds is 7. The Morgan fingerprint density at radius 3 is 2.11 bits per heavy atom. The summed E-state index contributed by atoms with van der Waals surface area (Å²) in [5, 5.41) is 3.74. The highest BCUT2D eigenvalue weighted by Gasteiger charge is 2.32.